The summed E-state index contributed by atoms with van der Waals surface area (Å²) in [4.78, 5) is 14.4. The summed E-state index contributed by atoms with van der Waals surface area (Å²) in [6, 6.07) is 7.64. The van der Waals surface area contributed by atoms with Gasteiger partial charge in [-0.25, -0.2) is 0 Å². The molecule has 0 aliphatic carbocycles. The Labute approximate surface area is 88.0 Å². The number of aromatic nitrogens is 1. The Morgan fingerprint density at radius 3 is 2.80 bits per heavy atom. The summed E-state index contributed by atoms with van der Waals surface area (Å²) < 4.78 is 0. The molecule has 1 aromatic heterocycles. The Kier molecular flexibility index (Phi) is 2.31. The Balaban J connectivity index is 2.80. The maximum absolute atomic E-state index is 11.7. The maximum atomic E-state index is 11.7. The lowest BCUT2D eigenvalue weighted by molar-refractivity contribution is 1.17. The first kappa shape index (κ1) is 9.54. The molecule has 2 rings (SSSR count). The zero-order chi connectivity index (χ0) is 10.8. The average Bonchev–Trinajstić information content (AvgIpc) is 2.19. The van der Waals surface area contributed by atoms with E-state index in [1.54, 1.807) is 6.92 Å². The van der Waals surface area contributed by atoms with Crippen molar-refractivity contribution in [3.8, 4) is 11.8 Å². The third-order valence-electron chi connectivity index (χ3n) is 2.25. The van der Waals surface area contributed by atoms with E-state index in [-0.39, 0.29) is 5.56 Å². The molecule has 0 atom stereocenters. The van der Waals surface area contributed by atoms with E-state index in [1.807, 2.05) is 31.2 Å². The van der Waals surface area contributed by atoms with Crippen molar-refractivity contribution in [3.05, 3.63) is 45.9 Å². The molecule has 2 nitrogen and oxygen atoms in total. The smallest absolute Gasteiger partial charge is 0.256 e. The lowest BCUT2D eigenvalue weighted by Gasteiger charge is -1.99. The van der Waals surface area contributed by atoms with Gasteiger partial charge in [0.15, 0.2) is 0 Å². The highest BCUT2D eigenvalue weighted by Gasteiger charge is 1.99. The molecule has 1 heterocycles. The zero-order valence-electron chi connectivity index (χ0n) is 8.72. The molecular formula is C13H11NO. The predicted molar refractivity (Wildman–Crippen MR) is 61.9 cm³/mol. The molecule has 0 aliphatic heterocycles. The fourth-order valence-corrected chi connectivity index (χ4v) is 1.62. The molecule has 74 valence electrons. The van der Waals surface area contributed by atoms with Crippen LogP contribution in [0.5, 0.6) is 0 Å². The van der Waals surface area contributed by atoms with Crippen molar-refractivity contribution in [2.75, 3.05) is 0 Å². The molecule has 2 aromatic rings. The molecule has 0 saturated heterocycles. The molecule has 0 bridgehead atoms. The number of H-pyrrole nitrogens is 1. The van der Waals surface area contributed by atoms with Gasteiger partial charge in [-0.2, -0.15) is 0 Å². The molecule has 2 heteroatoms. The van der Waals surface area contributed by atoms with Crippen molar-refractivity contribution < 1.29 is 0 Å². The van der Waals surface area contributed by atoms with E-state index in [0.717, 1.165) is 16.6 Å². The average molecular weight is 197 g/mol. The van der Waals surface area contributed by atoms with E-state index in [2.05, 4.69) is 16.8 Å². The first-order valence-corrected chi connectivity index (χ1v) is 4.77. The molecule has 1 aromatic carbocycles. The van der Waals surface area contributed by atoms with E-state index >= 15 is 0 Å². The third kappa shape index (κ3) is 1.77. The minimum absolute atomic E-state index is 0.0512. The summed E-state index contributed by atoms with van der Waals surface area (Å²) >= 11 is 0. The number of pyridine rings is 1. The van der Waals surface area contributed by atoms with E-state index in [0.29, 0.717) is 5.39 Å². The lowest BCUT2D eigenvalue weighted by Crippen LogP contribution is -2.07. The second-order valence-corrected chi connectivity index (χ2v) is 3.46. The normalized spacial score (nSPS) is 9.73. The molecular weight excluding hydrogens is 186 g/mol. The van der Waals surface area contributed by atoms with Crippen molar-refractivity contribution in [2.24, 2.45) is 0 Å². The monoisotopic (exact) mass is 197 g/mol. The Morgan fingerprint density at radius 2 is 2.07 bits per heavy atom. The van der Waals surface area contributed by atoms with Crippen LogP contribution in [-0.2, 0) is 0 Å². The van der Waals surface area contributed by atoms with Crippen molar-refractivity contribution in [3.63, 3.8) is 0 Å². The number of aromatic amines is 1. The summed E-state index contributed by atoms with van der Waals surface area (Å²) in [6.07, 6.45) is 0. The number of fused-ring (bicyclic) bond motifs is 1. The van der Waals surface area contributed by atoms with Crippen molar-refractivity contribution >= 4 is 10.8 Å². The number of benzene rings is 1. The summed E-state index contributed by atoms with van der Waals surface area (Å²) in [7, 11) is 0. The first-order chi connectivity index (χ1) is 7.20. The summed E-state index contributed by atoms with van der Waals surface area (Å²) in [6.45, 7) is 3.66. The largest absolute Gasteiger partial charge is 0.326 e. The Bertz CT molecular complexity index is 626. The summed E-state index contributed by atoms with van der Waals surface area (Å²) in [5, 5.41) is 1.65. The van der Waals surface area contributed by atoms with Crippen molar-refractivity contribution in [1.29, 1.82) is 0 Å². The predicted octanol–water partition coefficient (Wildman–Crippen LogP) is 2.21. The Morgan fingerprint density at radius 1 is 1.27 bits per heavy atom. The third-order valence-corrected chi connectivity index (χ3v) is 2.25. The summed E-state index contributed by atoms with van der Waals surface area (Å²) in [5.41, 5.74) is 1.70. The topological polar surface area (TPSA) is 32.9 Å². The molecule has 0 saturated carbocycles. The van der Waals surface area contributed by atoms with Crippen LogP contribution in [0.25, 0.3) is 10.8 Å². The second kappa shape index (κ2) is 3.62. The van der Waals surface area contributed by atoms with E-state index in [9.17, 15) is 4.79 Å². The number of aryl methyl sites for hydroxylation is 1. The molecule has 0 unspecified atom stereocenters. The first-order valence-electron chi connectivity index (χ1n) is 4.77. The number of hydrogen-bond donors (Lipinski definition) is 1. The van der Waals surface area contributed by atoms with Gasteiger partial charge < -0.3 is 4.98 Å². The van der Waals surface area contributed by atoms with Gasteiger partial charge in [0.2, 0.25) is 0 Å². The Hall–Kier alpha value is -2.01. The molecule has 0 fully saturated rings. The maximum Gasteiger partial charge on any atom is 0.256 e. The van der Waals surface area contributed by atoms with Gasteiger partial charge in [-0.15, -0.1) is 5.92 Å². The fourth-order valence-electron chi connectivity index (χ4n) is 1.62. The van der Waals surface area contributed by atoms with Gasteiger partial charge in [0.05, 0.1) is 0 Å². The van der Waals surface area contributed by atoms with E-state index in [4.69, 9.17) is 0 Å². The van der Waals surface area contributed by atoms with Gasteiger partial charge in [0.1, 0.15) is 0 Å². The van der Waals surface area contributed by atoms with Crippen LogP contribution in [-0.4, -0.2) is 4.98 Å². The van der Waals surface area contributed by atoms with Gasteiger partial charge in [-0.05, 0) is 37.4 Å². The second-order valence-electron chi connectivity index (χ2n) is 3.46. The van der Waals surface area contributed by atoms with Gasteiger partial charge >= 0.3 is 0 Å². The standard InChI is InChI=1S/C13H11NO/c1-3-4-10-5-6-11-7-9(2)14-13(15)12(11)8-10/h5-8H,1-2H3,(H,14,15). The SMILES string of the molecule is CC#Cc1ccc2cc(C)[nH]c(=O)c2c1. The highest BCUT2D eigenvalue weighted by molar-refractivity contribution is 5.83. The highest BCUT2D eigenvalue weighted by atomic mass is 16.1. The van der Waals surface area contributed by atoms with Crippen LogP contribution in [0.1, 0.15) is 18.2 Å². The summed E-state index contributed by atoms with van der Waals surface area (Å²) in [5.74, 6) is 5.76. The number of nitrogens with one attached hydrogen (secondary N) is 1. The van der Waals surface area contributed by atoms with Crippen molar-refractivity contribution in [1.82, 2.24) is 4.98 Å². The fraction of sp³-hybridized carbons (Fsp3) is 0.154. The molecule has 15 heavy (non-hydrogen) atoms. The van der Waals surface area contributed by atoms with Crippen LogP contribution >= 0.6 is 0 Å². The van der Waals surface area contributed by atoms with Crippen LogP contribution < -0.4 is 5.56 Å². The van der Waals surface area contributed by atoms with E-state index < -0.39 is 0 Å². The van der Waals surface area contributed by atoms with Gasteiger partial charge in [0, 0.05) is 16.6 Å². The quantitative estimate of drug-likeness (QED) is 0.645. The molecule has 0 amide bonds. The van der Waals surface area contributed by atoms with Crippen LogP contribution in [0, 0.1) is 18.8 Å². The zero-order valence-corrected chi connectivity index (χ0v) is 8.72. The molecule has 0 aliphatic rings. The number of hydrogen-bond acceptors (Lipinski definition) is 1. The van der Waals surface area contributed by atoms with Crippen LogP contribution in [0.2, 0.25) is 0 Å². The van der Waals surface area contributed by atoms with Crippen LogP contribution in [0.3, 0.4) is 0 Å². The molecule has 0 radical (unpaired) electrons. The minimum atomic E-state index is -0.0512. The van der Waals surface area contributed by atoms with Gasteiger partial charge in [-0.3, -0.25) is 4.79 Å². The van der Waals surface area contributed by atoms with E-state index in [1.165, 1.54) is 0 Å². The van der Waals surface area contributed by atoms with Crippen LogP contribution in [0.4, 0.5) is 0 Å². The van der Waals surface area contributed by atoms with Crippen LogP contribution in [0.15, 0.2) is 29.1 Å². The van der Waals surface area contributed by atoms with Crippen molar-refractivity contribution in [2.45, 2.75) is 13.8 Å². The number of rotatable bonds is 0. The molecule has 1 N–H and O–H groups in total. The lowest BCUT2D eigenvalue weighted by atomic mass is 10.1. The highest BCUT2D eigenvalue weighted by Crippen LogP contribution is 2.12. The van der Waals surface area contributed by atoms with Gasteiger partial charge in [-0.1, -0.05) is 12.0 Å². The minimum Gasteiger partial charge on any atom is -0.326 e. The van der Waals surface area contributed by atoms with Gasteiger partial charge in [0.25, 0.3) is 5.56 Å². The molecule has 0 spiro atoms.